The molecule has 0 saturated heterocycles. The van der Waals surface area contributed by atoms with Crippen LogP contribution in [0.2, 0.25) is 0 Å². The number of carbonyl (C=O) groups is 1. The van der Waals surface area contributed by atoms with Gasteiger partial charge in [0.1, 0.15) is 5.75 Å². The highest BCUT2D eigenvalue weighted by Gasteiger charge is 2.33. The van der Waals surface area contributed by atoms with Gasteiger partial charge in [-0.25, -0.2) is 0 Å². The molecule has 0 radical (unpaired) electrons. The van der Waals surface area contributed by atoms with E-state index >= 15 is 0 Å². The summed E-state index contributed by atoms with van der Waals surface area (Å²) in [5.41, 5.74) is 1.42. The first kappa shape index (κ1) is 14.0. The highest BCUT2D eigenvalue weighted by Crippen LogP contribution is 2.40. The van der Waals surface area contributed by atoms with Crippen molar-refractivity contribution in [1.82, 2.24) is 0 Å². The van der Waals surface area contributed by atoms with Gasteiger partial charge in [-0.05, 0) is 24.3 Å². The van der Waals surface area contributed by atoms with Crippen molar-refractivity contribution < 1.29 is 14.6 Å². The molecule has 1 heterocycles. The van der Waals surface area contributed by atoms with Gasteiger partial charge in [0.25, 0.3) is 5.91 Å². The van der Waals surface area contributed by atoms with Gasteiger partial charge in [0.2, 0.25) is 0 Å². The van der Waals surface area contributed by atoms with Crippen LogP contribution in [-0.4, -0.2) is 25.2 Å². The molecule has 1 unspecified atom stereocenters. The molecule has 0 aliphatic carbocycles. The predicted octanol–water partition coefficient (Wildman–Crippen LogP) is 2.86. The number of hydrogen-bond acceptors (Lipinski definition) is 4. The van der Waals surface area contributed by atoms with Crippen molar-refractivity contribution in [3.8, 4) is 5.75 Å². The number of hydrogen-bond donors (Lipinski definition) is 1. The molecule has 5 heteroatoms. The number of aliphatic hydroxyl groups excluding tert-OH is 1. The fourth-order valence-electron chi connectivity index (χ4n) is 2.37. The highest BCUT2D eigenvalue weighted by molar-refractivity contribution is 7.99. The number of ether oxygens (including phenoxy) is 1. The molecule has 2 aromatic carbocycles. The van der Waals surface area contributed by atoms with Crippen molar-refractivity contribution in [2.24, 2.45) is 0 Å². The van der Waals surface area contributed by atoms with Crippen molar-refractivity contribution in [2.75, 3.05) is 19.1 Å². The number of methoxy groups -OCH3 is 1. The number of rotatable bonds is 3. The summed E-state index contributed by atoms with van der Waals surface area (Å²) in [6.45, 7) is 0. The number of fused-ring (bicyclic) bond motifs is 1. The van der Waals surface area contributed by atoms with Crippen LogP contribution in [0.1, 0.15) is 11.7 Å². The zero-order valence-corrected chi connectivity index (χ0v) is 12.6. The average Bonchev–Trinajstić information content (AvgIpc) is 2.72. The lowest BCUT2D eigenvalue weighted by Crippen LogP contribution is -2.23. The third-order valence-corrected chi connectivity index (χ3v) is 4.57. The Kier molecular flexibility index (Phi) is 3.61. The van der Waals surface area contributed by atoms with Crippen molar-refractivity contribution in [3.05, 3.63) is 48.0 Å². The Balaban J connectivity index is 1.94. The topological polar surface area (TPSA) is 49.8 Å². The van der Waals surface area contributed by atoms with E-state index in [4.69, 9.17) is 4.74 Å². The average molecular weight is 301 g/mol. The first-order valence-electron chi connectivity index (χ1n) is 6.52. The van der Waals surface area contributed by atoms with E-state index in [1.54, 1.807) is 32.0 Å². The molecule has 0 aromatic heterocycles. The summed E-state index contributed by atoms with van der Waals surface area (Å²) in [5, 5.41) is 9.87. The largest absolute Gasteiger partial charge is 0.496 e. The molecule has 1 N–H and O–H groups in total. The molecular formula is C16H15NO3S. The number of nitrogens with zero attached hydrogens (tertiary/aromatic N) is 1. The maximum Gasteiger partial charge on any atom is 0.260 e. The zero-order valence-electron chi connectivity index (χ0n) is 11.7. The summed E-state index contributed by atoms with van der Waals surface area (Å²) in [6, 6.07) is 13.4. The Labute approximate surface area is 127 Å². The second-order valence-corrected chi connectivity index (χ2v) is 5.89. The third-order valence-electron chi connectivity index (χ3n) is 3.52. The number of anilines is 1. The molecule has 1 aliphatic rings. The number of benzene rings is 2. The van der Waals surface area contributed by atoms with E-state index in [1.165, 1.54) is 4.90 Å². The van der Waals surface area contributed by atoms with E-state index in [1.807, 2.05) is 36.4 Å². The molecule has 0 fully saturated rings. The lowest BCUT2D eigenvalue weighted by Gasteiger charge is -2.12. The van der Waals surface area contributed by atoms with Gasteiger partial charge >= 0.3 is 0 Å². The Morgan fingerprint density at radius 3 is 2.76 bits per heavy atom. The molecule has 1 atom stereocenters. The van der Waals surface area contributed by atoms with E-state index in [2.05, 4.69) is 0 Å². The first-order valence-corrected chi connectivity index (χ1v) is 7.34. The van der Waals surface area contributed by atoms with E-state index in [0.717, 1.165) is 21.2 Å². The van der Waals surface area contributed by atoms with Gasteiger partial charge in [-0.3, -0.25) is 4.79 Å². The summed E-state index contributed by atoms with van der Waals surface area (Å²) in [7, 11) is 3.32. The van der Waals surface area contributed by atoms with Gasteiger partial charge in [-0.2, -0.15) is 0 Å². The molecule has 108 valence electrons. The van der Waals surface area contributed by atoms with Crippen molar-refractivity contribution in [3.63, 3.8) is 0 Å². The van der Waals surface area contributed by atoms with E-state index < -0.39 is 6.10 Å². The quantitative estimate of drug-likeness (QED) is 0.947. The zero-order chi connectivity index (χ0) is 15.0. The third kappa shape index (κ3) is 2.39. The van der Waals surface area contributed by atoms with Gasteiger partial charge in [0.15, 0.2) is 6.10 Å². The highest BCUT2D eigenvalue weighted by atomic mass is 32.2. The standard InChI is InChI=1S/C16H15NO3S/c1-17-12-9-10(7-8-11(12)15(18)16(17)19)21-14-6-4-3-5-13(14)20-2/h3-9,15,18H,1-2H3. The molecular weight excluding hydrogens is 286 g/mol. The van der Waals surface area contributed by atoms with Gasteiger partial charge in [0.05, 0.1) is 17.7 Å². The van der Waals surface area contributed by atoms with Crippen molar-refractivity contribution in [1.29, 1.82) is 0 Å². The molecule has 2 aromatic rings. The van der Waals surface area contributed by atoms with E-state index in [0.29, 0.717) is 5.56 Å². The predicted molar refractivity (Wildman–Crippen MR) is 81.9 cm³/mol. The van der Waals surface area contributed by atoms with Gasteiger partial charge in [-0.1, -0.05) is 30.0 Å². The monoisotopic (exact) mass is 301 g/mol. The number of aliphatic hydroxyl groups is 1. The molecule has 21 heavy (non-hydrogen) atoms. The molecule has 4 nitrogen and oxygen atoms in total. The number of carbonyl (C=O) groups excluding carboxylic acids is 1. The van der Waals surface area contributed by atoms with Gasteiger partial charge in [0, 0.05) is 17.5 Å². The van der Waals surface area contributed by atoms with Gasteiger partial charge < -0.3 is 14.7 Å². The second kappa shape index (κ2) is 5.42. The van der Waals surface area contributed by atoms with Crippen LogP contribution in [-0.2, 0) is 4.79 Å². The minimum atomic E-state index is -1.05. The second-order valence-electron chi connectivity index (χ2n) is 4.77. The van der Waals surface area contributed by atoms with Crippen LogP contribution in [0.5, 0.6) is 5.75 Å². The Bertz CT molecular complexity index is 702. The van der Waals surface area contributed by atoms with Crippen LogP contribution in [0, 0.1) is 0 Å². The SMILES string of the molecule is COc1ccccc1Sc1ccc2c(c1)N(C)C(=O)C2O. The van der Waals surface area contributed by atoms with Crippen molar-refractivity contribution in [2.45, 2.75) is 15.9 Å². The van der Waals surface area contributed by atoms with Crippen LogP contribution in [0.25, 0.3) is 0 Å². The van der Waals surface area contributed by atoms with Crippen molar-refractivity contribution >= 4 is 23.4 Å². The minimum Gasteiger partial charge on any atom is -0.496 e. The maximum absolute atomic E-state index is 11.8. The summed E-state index contributed by atoms with van der Waals surface area (Å²) in [4.78, 5) is 15.3. The molecule has 1 amide bonds. The summed E-state index contributed by atoms with van der Waals surface area (Å²) in [5.74, 6) is 0.525. The number of likely N-dealkylation sites (N-methyl/N-ethyl adjacent to an activating group) is 1. The maximum atomic E-state index is 11.8. The fourth-order valence-corrected chi connectivity index (χ4v) is 3.33. The van der Waals surface area contributed by atoms with Gasteiger partial charge in [-0.15, -0.1) is 0 Å². The van der Waals surface area contributed by atoms with E-state index in [9.17, 15) is 9.90 Å². The Morgan fingerprint density at radius 2 is 2.00 bits per heavy atom. The fraction of sp³-hybridized carbons (Fsp3) is 0.188. The molecule has 3 rings (SSSR count). The molecule has 0 spiro atoms. The summed E-state index contributed by atoms with van der Waals surface area (Å²) in [6.07, 6.45) is -1.05. The van der Waals surface area contributed by atoms with Crippen LogP contribution in [0.4, 0.5) is 5.69 Å². The molecule has 0 bridgehead atoms. The minimum absolute atomic E-state index is 0.288. The lowest BCUT2D eigenvalue weighted by atomic mass is 10.1. The summed E-state index contributed by atoms with van der Waals surface area (Å²) >= 11 is 1.56. The Morgan fingerprint density at radius 1 is 1.24 bits per heavy atom. The van der Waals surface area contributed by atoms with Crippen LogP contribution < -0.4 is 9.64 Å². The van der Waals surface area contributed by atoms with Crippen LogP contribution in [0.15, 0.2) is 52.3 Å². The smallest absolute Gasteiger partial charge is 0.260 e. The Hall–Kier alpha value is -1.98. The van der Waals surface area contributed by atoms with Crippen LogP contribution >= 0.6 is 11.8 Å². The van der Waals surface area contributed by atoms with Crippen LogP contribution in [0.3, 0.4) is 0 Å². The lowest BCUT2D eigenvalue weighted by molar-refractivity contribution is -0.125. The summed E-state index contributed by atoms with van der Waals surface area (Å²) < 4.78 is 5.34. The first-order chi connectivity index (χ1) is 10.1. The van der Waals surface area contributed by atoms with E-state index in [-0.39, 0.29) is 5.91 Å². The number of amides is 1. The molecule has 0 saturated carbocycles. The normalized spacial score (nSPS) is 17.0. The number of para-hydroxylation sites is 1. The molecule has 1 aliphatic heterocycles.